The fraction of sp³-hybridized carbons (Fsp3) is 0.548. The van der Waals surface area contributed by atoms with E-state index < -0.39 is 11.4 Å². The predicted octanol–water partition coefficient (Wildman–Crippen LogP) is 7.53. The molecule has 0 aliphatic heterocycles. The van der Waals surface area contributed by atoms with Crippen LogP contribution >= 0.6 is 0 Å². The van der Waals surface area contributed by atoms with E-state index in [1.54, 1.807) is 25.3 Å². The molecule has 2 aliphatic carbocycles. The van der Waals surface area contributed by atoms with Gasteiger partial charge in [-0.25, -0.2) is 4.79 Å². The van der Waals surface area contributed by atoms with Gasteiger partial charge < -0.3 is 14.6 Å². The maximum atomic E-state index is 13.0. The van der Waals surface area contributed by atoms with Crippen molar-refractivity contribution in [2.75, 3.05) is 13.7 Å². The largest absolute Gasteiger partial charge is 0.500 e. The van der Waals surface area contributed by atoms with E-state index in [-0.39, 0.29) is 11.7 Å². The first-order chi connectivity index (χ1) is 17.2. The van der Waals surface area contributed by atoms with E-state index >= 15 is 0 Å². The van der Waals surface area contributed by atoms with Crippen LogP contribution in [0.1, 0.15) is 89.4 Å². The number of allylic oxidation sites excluding steroid dienone is 3. The van der Waals surface area contributed by atoms with Gasteiger partial charge in [0, 0.05) is 22.5 Å². The van der Waals surface area contributed by atoms with Crippen molar-refractivity contribution in [2.24, 2.45) is 17.3 Å². The van der Waals surface area contributed by atoms with Gasteiger partial charge in [0.15, 0.2) is 5.78 Å². The maximum absolute atomic E-state index is 13.0. The van der Waals surface area contributed by atoms with Gasteiger partial charge in [-0.3, -0.25) is 4.79 Å². The molecule has 3 rings (SSSR count). The molecular formula is C31H42O5. The number of ether oxygens (including phenoxy) is 2. The third-order valence-corrected chi connectivity index (χ3v) is 7.98. The summed E-state index contributed by atoms with van der Waals surface area (Å²) in [5, 5.41) is 9.95. The van der Waals surface area contributed by atoms with Gasteiger partial charge in [-0.05, 0) is 61.1 Å². The van der Waals surface area contributed by atoms with Crippen molar-refractivity contribution in [3.05, 3.63) is 64.5 Å². The second-order valence-corrected chi connectivity index (χ2v) is 10.5. The first kappa shape index (κ1) is 27.8. The molecule has 2 aliphatic rings. The molecule has 1 fully saturated rings. The van der Waals surface area contributed by atoms with E-state index in [2.05, 4.69) is 0 Å². The summed E-state index contributed by atoms with van der Waals surface area (Å²) < 4.78 is 11.7. The number of benzene rings is 1. The lowest BCUT2D eigenvalue weighted by molar-refractivity contribution is -0.132. The van der Waals surface area contributed by atoms with Crippen LogP contribution in [0.5, 0.6) is 5.75 Å². The number of carboxylic acid groups (broad SMARTS) is 1. The van der Waals surface area contributed by atoms with Crippen LogP contribution in [-0.2, 0) is 9.53 Å². The molecule has 0 aromatic heterocycles. The van der Waals surface area contributed by atoms with Gasteiger partial charge in [0.2, 0.25) is 0 Å². The van der Waals surface area contributed by atoms with E-state index in [0.717, 1.165) is 23.7 Å². The highest BCUT2D eigenvalue weighted by Gasteiger charge is 2.43. The van der Waals surface area contributed by atoms with Gasteiger partial charge in [-0.2, -0.15) is 0 Å². The summed E-state index contributed by atoms with van der Waals surface area (Å²) in [4.78, 5) is 25.2. The SMILES string of the molecule is CCC1=C(OC)C(C=CC(=O)c2ccc(OCCC3CCCCC3)cc2)C(C)(C)C(CC)=C1C(=O)O. The number of methoxy groups -OCH3 is 1. The Balaban J connectivity index is 1.73. The van der Waals surface area contributed by atoms with Gasteiger partial charge in [0.05, 0.1) is 19.3 Å². The van der Waals surface area contributed by atoms with Crippen molar-refractivity contribution in [1.82, 2.24) is 0 Å². The van der Waals surface area contributed by atoms with Crippen LogP contribution in [0.3, 0.4) is 0 Å². The zero-order valence-electron chi connectivity index (χ0n) is 22.6. The minimum absolute atomic E-state index is 0.0980. The lowest BCUT2D eigenvalue weighted by Crippen LogP contribution is -2.34. The standard InChI is InChI=1S/C31H42O5/c1-6-24-28(30(33)34)25(7-2)31(3,4)26(29(24)35-5)17-18-27(32)22-13-15-23(16-14-22)36-20-19-21-11-9-8-10-12-21/h13-18,21,26H,6-12,19-20H2,1-5H3,(H,33,34). The Kier molecular flexibility index (Phi) is 9.58. The highest BCUT2D eigenvalue weighted by atomic mass is 16.5. The van der Waals surface area contributed by atoms with Crippen molar-refractivity contribution in [2.45, 2.75) is 79.1 Å². The Morgan fingerprint density at radius 1 is 1.06 bits per heavy atom. The Morgan fingerprint density at radius 2 is 1.72 bits per heavy atom. The number of carboxylic acids is 1. The zero-order chi connectivity index (χ0) is 26.3. The number of aliphatic carboxylic acids is 1. The van der Waals surface area contributed by atoms with E-state index in [0.29, 0.717) is 41.9 Å². The molecule has 0 radical (unpaired) electrons. The van der Waals surface area contributed by atoms with E-state index in [1.807, 2.05) is 45.9 Å². The molecule has 0 saturated heterocycles. The van der Waals surface area contributed by atoms with Crippen molar-refractivity contribution >= 4 is 11.8 Å². The molecule has 1 saturated carbocycles. The van der Waals surface area contributed by atoms with Gasteiger partial charge in [-0.1, -0.05) is 65.9 Å². The van der Waals surface area contributed by atoms with Crippen LogP contribution < -0.4 is 4.74 Å². The molecule has 0 heterocycles. The van der Waals surface area contributed by atoms with Crippen molar-refractivity contribution in [3.8, 4) is 5.75 Å². The summed E-state index contributed by atoms with van der Waals surface area (Å²) in [5.74, 6) is 0.938. The van der Waals surface area contributed by atoms with Crippen LogP contribution in [-0.4, -0.2) is 30.6 Å². The molecule has 0 spiro atoms. The van der Waals surface area contributed by atoms with Crippen LogP contribution in [0.25, 0.3) is 0 Å². The lowest BCUT2D eigenvalue weighted by atomic mass is 9.64. The number of hydrogen-bond acceptors (Lipinski definition) is 4. The molecule has 1 atom stereocenters. The third-order valence-electron chi connectivity index (χ3n) is 7.98. The molecule has 1 unspecified atom stereocenters. The van der Waals surface area contributed by atoms with Crippen LogP contribution in [0, 0.1) is 17.3 Å². The predicted molar refractivity (Wildman–Crippen MR) is 143 cm³/mol. The zero-order valence-corrected chi connectivity index (χ0v) is 22.6. The lowest BCUT2D eigenvalue weighted by Gasteiger charge is -2.41. The summed E-state index contributed by atoms with van der Waals surface area (Å²) in [6.45, 7) is 8.69. The molecule has 1 N–H and O–H groups in total. The first-order valence-electron chi connectivity index (χ1n) is 13.4. The Hall–Kier alpha value is -2.82. The maximum Gasteiger partial charge on any atom is 0.336 e. The topological polar surface area (TPSA) is 72.8 Å². The van der Waals surface area contributed by atoms with Gasteiger partial charge in [-0.15, -0.1) is 0 Å². The second kappa shape index (κ2) is 12.4. The molecule has 5 nitrogen and oxygen atoms in total. The summed E-state index contributed by atoms with van der Waals surface area (Å²) in [6, 6.07) is 7.33. The fourth-order valence-corrected chi connectivity index (χ4v) is 5.96. The third kappa shape index (κ3) is 6.11. The van der Waals surface area contributed by atoms with E-state index in [1.165, 1.54) is 32.1 Å². The second-order valence-electron chi connectivity index (χ2n) is 10.5. The molecule has 0 bridgehead atoms. The number of carbonyl (C=O) groups is 2. The number of hydrogen-bond donors (Lipinski definition) is 1. The molecule has 1 aromatic rings. The average molecular weight is 495 g/mol. The molecule has 36 heavy (non-hydrogen) atoms. The monoisotopic (exact) mass is 494 g/mol. The summed E-state index contributed by atoms with van der Waals surface area (Å²) in [6.07, 6.45) is 12.4. The van der Waals surface area contributed by atoms with Gasteiger partial charge in [0.1, 0.15) is 11.5 Å². The number of rotatable bonds is 11. The van der Waals surface area contributed by atoms with Crippen LogP contribution in [0.4, 0.5) is 0 Å². The first-order valence-corrected chi connectivity index (χ1v) is 13.4. The van der Waals surface area contributed by atoms with Crippen molar-refractivity contribution in [1.29, 1.82) is 0 Å². The van der Waals surface area contributed by atoms with E-state index in [4.69, 9.17) is 9.47 Å². The molecule has 196 valence electrons. The highest BCUT2D eigenvalue weighted by Crippen LogP contribution is 2.50. The minimum Gasteiger partial charge on any atom is -0.500 e. The summed E-state index contributed by atoms with van der Waals surface area (Å²) in [5.41, 5.74) is 2.04. The van der Waals surface area contributed by atoms with E-state index in [9.17, 15) is 14.7 Å². The Morgan fingerprint density at radius 3 is 2.28 bits per heavy atom. The highest BCUT2D eigenvalue weighted by molar-refractivity contribution is 6.04. The quantitative estimate of drug-likeness (QED) is 0.254. The molecular weight excluding hydrogens is 452 g/mol. The van der Waals surface area contributed by atoms with Gasteiger partial charge in [0.25, 0.3) is 0 Å². The molecule has 1 aromatic carbocycles. The smallest absolute Gasteiger partial charge is 0.336 e. The molecule has 0 amide bonds. The summed E-state index contributed by atoms with van der Waals surface area (Å²) in [7, 11) is 1.58. The van der Waals surface area contributed by atoms with Crippen molar-refractivity contribution in [3.63, 3.8) is 0 Å². The Bertz CT molecular complexity index is 1020. The normalized spacial score (nSPS) is 20.6. The van der Waals surface area contributed by atoms with Crippen molar-refractivity contribution < 1.29 is 24.2 Å². The van der Waals surface area contributed by atoms with Crippen LogP contribution in [0.15, 0.2) is 58.9 Å². The minimum atomic E-state index is -0.925. The average Bonchev–Trinajstić information content (AvgIpc) is 2.87. The van der Waals surface area contributed by atoms with Crippen LogP contribution in [0.2, 0.25) is 0 Å². The fourth-order valence-electron chi connectivity index (χ4n) is 5.96. The Labute approximate surface area is 216 Å². The number of carbonyl (C=O) groups excluding carboxylic acids is 1. The summed E-state index contributed by atoms with van der Waals surface area (Å²) >= 11 is 0. The van der Waals surface area contributed by atoms with Gasteiger partial charge >= 0.3 is 5.97 Å². The number of ketones is 1. The molecule has 5 heteroatoms.